The molecule has 1 atom stereocenters. The fourth-order valence-electron chi connectivity index (χ4n) is 1.62. The Bertz CT molecular complexity index is 313. The zero-order valence-corrected chi connectivity index (χ0v) is 9.79. The summed E-state index contributed by atoms with van der Waals surface area (Å²) < 4.78 is 10.4. The van der Waals surface area contributed by atoms with E-state index in [1.54, 1.807) is 0 Å². The first-order valence-corrected chi connectivity index (χ1v) is 5.10. The van der Waals surface area contributed by atoms with Crippen LogP contribution in [0.3, 0.4) is 0 Å². The quantitative estimate of drug-likeness (QED) is 0.530. The number of methoxy groups -OCH3 is 1. The predicted molar refractivity (Wildman–Crippen MR) is 58.2 cm³/mol. The first kappa shape index (κ1) is 11.8. The van der Waals surface area contributed by atoms with Crippen LogP contribution < -0.4 is 0 Å². The van der Waals surface area contributed by atoms with Gasteiger partial charge in [-0.1, -0.05) is 20.4 Å². The van der Waals surface area contributed by atoms with Crippen molar-refractivity contribution in [1.29, 1.82) is 0 Å². The van der Waals surface area contributed by atoms with Gasteiger partial charge < -0.3 is 9.47 Å². The van der Waals surface area contributed by atoms with Gasteiger partial charge in [0.25, 0.3) is 0 Å². The van der Waals surface area contributed by atoms with Gasteiger partial charge in [0.1, 0.15) is 11.9 Å². The van der Waals surface area contributed by atoms with Gasteiger partial charge in [0.2, 0.25) is 0 Å². The van der Waals surface area contributed by atoms with Crippen LogP contribution in [0, 0.1) is 5.92 Å². The van der Waals surface area contributed by atoms with Crippen molar-refractivity contribution in [3.8, 4) is 0 Å². The molecule has 0 bridgehead atoms. The summed E-state index contributed by atoms with van der Waals surface area (Å²) in [6, 6.07) is 0. The summed E-state index contributed by atoms with van der Waals surface area (Å²) >= 11 is 0. The van der Waals surface area contributed by atoms with Gasteiger partial charge in [0.05, 0.1) is 12.7 Å². The topological polar surface area (TPSA) is 35.5 Å². The molecule has 3 nitrogen and oxygen atoms in total. The van der Waals surface area contributed by atoms with Crippen molar-refractivity contribution < 1.29 is 14.3 Å². The Morgan fingerprint density at radius 1 is 1.60 bits per heavy atom. The summed E-state index contributed by atoms with van der Waals surface area (Å²) in [6.45, 7) is 9.75. The number of allylic oxidation sites excluding steroid dienone is 1. The van der Waals surface area contributed by atoms with Crippen LogP contribution in [0.4, 0.5) is 0 Å². The molecular formula is C12H18O3. The van der Waals surface area contributed by atoms with Gasteiger partial charge >= 0.3 is 5.97 Å². The van der Waals surface area contributed by atoms with Gasteiger partial charge in [0.15, 0.2) is 0 Å². The van der Waals surface area contributed by atoms with Crippen molar-refractivity contribution in [3.63, 3.8) is 0 Å². The molecule has 0 amide bonds. The lowest BCUT2D eigenvalue weighted by Gasteiger charge is -2.14. The summed E-state index contributed by atoms with van der Waals surface area (Å²) in [5.41, 5.74) is 1.59. The second kappa shape index (κ2) is 4.51. The van der Waals surface area contributed by atoms with Gasteiger partial charge in [-0.25, -0.2) is 4.79 Å². The SMILES string of the molecule is C=C(C)C1CC(C(=O)OC)=C(C(C)C)O1. The summed E-state index contributed by atoms with van der Waals surface area (Å²) in [5.74, 6) is 0.653. The fourth-order valence-corrected chi connectivity index (χ4v) is 1.62. The van der Waals surface area contributed by atoms with Crippen molar-refractivity contribution >= 4 is 5.97 Å². The highest BCUT2D eigenvalue weighted by Crippen LogP contribution is 2.33. The van der Waals surface area contributed by atoms with Gasteiger partial charge in [-0.2, -0.15) is 0 Å². The maximum absolute atomic E-state index is 11.5. The van der Waals surface area contributed by atoms with Crippen LogP contribution in [0.15, 0.2) is 23.5 Å². The van der Waals surface area contributed by atoms with Gasteiger partial charge in [-0.15, -0.1) is 0 Å². The molecular weight excluding hydrogens is 192 g/mol. The van der Waals surface area contributed by atoms with E-state index >= 15 is 0 Å². The number of hydrogen-bond acceptors (Lipinski definition) is 3. The average Bonchev–Trinajstić information content (AvgIpc) is 2.61. The summed E-state index contributed by atoms with van der Waals surface area (Å²) in [7, 11) is 1.39. The molecule has 0 spiro atoms. The van der Waals surface area contributed by atoms with Gasteiger partial charge in [0, 0.05) is 12.3 Å². The molecule has 1 heterocycles. The maximum atomic E-state index is 11.5. The lowest BCUT2D eigenvalue weighted by Crippen LogP contribution is -2.09. The number of ether oxygens (including phenoxy) is 2. The minimum Gasteiger partial charge on any atom is -0.489 e. The first-order chi connectivity index (χ1) is 6.97. The van der Waals surface area contributed by atoms with Crippen molar-refractivity contribution in [1.82, 2.24) is 0 Å². The Morgan fingerprint density at radius 2 is 2.20 bits per heavy atom. The van der Waals surface area contributed by atoms with Gasteiger partial charge in [-0.3, -0.25) is 0 Å². The van der Waals surface area contributed by atoms with E-state index in [9.17, 15) is 4.79 Å². The molecule has 0 aliphatic carbocycles. The molecule has 1 aliphatic rings. The summed E-state index contributed by atoms with van der Waals surface area (Å²) in [5, 5.41) is 0. The number of rotatable bonds is 3. The summed E-state index contributed by atoms with van der Waals surface area (Å²) in [4.78, 5) is 11.5. The third kappa shape index (κ3) is 2.41. The molecule has 1 aliphatic heterocycles. The lowest BCUT2D eigenvalue weighted by molar-refractivity contribution is -0.136. The number of esters is 1. The van der Waals surface area contributed by atoms with E-state index < -0.39 is 0 Å². The standard InChI is InChI=1S/C12H18O3/c1-7(2)10-6-9(12(13)14-5)11(15-10)8(3)4/h8,10H,1,6H2,2-5H3. The zero-order valence-electron chi connectivity index (χ0n) is 9.79. The van der Waals surface area contributed by atoms with E-state index in [1.165, 1.54) is 7.11 Å². The Kier molecular flexibility index (Phi) is 3.56. The average molecular weight is 210 g/mol. The number of carbonyl (C=O) groups is 1. The number of hydrogen-bond donors (Lipinski definition) is 0. The summed E-state index contributed by atoms with van der Waals surface area (Å²) in [6.07, 6.45) is 0.506. The molecule has 0 N–H and O–H groups in total. The van der Waals surface area contributed by atoms with Gasteiger partial charge in [-0.05, 0) is 12.5 Å². The van der Waals surface area contributed by atoms with E-state index in [1.807, 2.05) is 20.8 Å². The Balaban J connectivity index is 2.91. The van der Waals surface area contributed by atoms with Crippen LogP contribution in [-0.2, 0) is 14.3 Å². The molecule has 0 fully saturated rings. The molecule has 84 valence electrons. The molecule has 0 radical (unpaired) electrons. The molecule has 0 aromatic heterocycles. The minimum atomic E-state index is -0.289. The third-order valence-electron chi connectivity index (χ3n) is 2.46. The second-order valence-electron chi connectivity index (χ2n) is 4.15. The lowest BCUT2D eigenvalue weighted by atomic mass is 10.0. The smallest absolute Gasteiger partial charge is 0.337 e. The molecule has 1 rings (SSSR count). The van der Waals surface area contributed by atoms with E-state index in [0.29, 0.717) is 12.0 Å². The van der Waals surface area contributed by atoms with E-state index in [0.717, 1.165) is 11.3 Å². The van der Waals surface area contributed by atoms with Crippen molar-refractivity contribution in [2.24, 2.45) is 5.92 Å². The molecule has 15 heavy (non-hydrogen) atoms. The van der Waals surface area contributed by atoms with Crippen molar-refractivity contribution in [2.45, 2.75) is 33.3 Å². The monoisotopic (exact) mass is 210 g/mol. The molecule has 0 aromatic rings. The van der Waals surface area contributed by atoms with Crippen LogP contribution in [0.2, 0.25) is 0 Å². The second-order valence-corrected chi connectivity index (χ2v) is 4.15. The Hall–Kier alpha value is -1.25. The highest BCUT2D eigenvalue weighted by molar-refractivity contribution is 5.89. The van der Waals surface area contributed by atoms with Crippen LogP contribution in [0.25, 0.3) is 0 Å². The van der Waals surface area contributed by atoms with Crippen LogP contribution in [0.1, 0.15) is 27.2 Å². The zero-order chi connectivity index (χ0) is 11.6. The van der Waals surface area contributed by atoms with Crippen LogP contribution >= 0.6 is 0 Å². The fraction of sp³-hybridized carbons (Fsp3) is 0.583. The molecule has 0 saturated heterocycles. The van der Waals surface area contributed by atoms with E-state index in [2.05, 4.69) is 6.58 Å². The Morgan fingerprint density at radius 3 is 2.60 bits per heavy atom. The molecule has 1 unspecified atom stereocenters. The normalized spacial score (nSPS) is 20.5. The highest BCUT2D eigenvalue weighted by Gasteiger charge is 2.32. The maximum Gasteiger partial charge on any atom is 0.337 e. The third-order valence-corrected chi connectivity index (χ3v) is 2.46. The van der Waals surface area contributed by atoms with Crippen molar-refractivity contribution in [2.75, 3.05) is 7.11 Å². The molecule has 3 heteroatoms. The molecule has 0 saturated carbocycles. The van der Waals surface area contributed by atoms with Crippen LogP contribution in [0.5, 0.6) is 0 Å². The Labute approximate surface area is 90.8 Å². The molecule has 0 aromatic carbocycles. The van der Waals surface area contributed by atoms with Crippen LogP contribution in [-0.4, -0.2) is 19.2 Å². The van der Waals surface area contributed by atoms with E-state index in [-0.39, 0.29) is 18.0 Å². The first-order valence-electron chi connectivity index (χ1n) is 5.10. The predicted octanol–water partition coefficient (Wildman–Crippen LogP) is 2.43. The highest BCUT2D eigenvalue weighted by atomic mass is 16.5. The largest absolute Gasteiger partial charge is 0.489 e. The van der Waals surface area contributed by atoms with E-state index in [4.69, 9.17) is 9.47 Å². The van der Waals surface area contributed by atoms with Crippen molar-refractivity contribution in [3.05, 3.63) is 23.5 Å². The number of carbonyl (C=O) groups excluding carboxylic acids is 1. The minimum absolute atomic E-state index is 0.0727.